The van der Waals surface area contributed by atoms with Crippen molar-refractivity contribution in [2.24, 2.45) is 0 Å². The number of ether oxygens (including phenoxy) is 1. The van der Waals surface area contributed by atoms with E-state index < -0.39 is 0 Å². The normalized spacial score (nSPS) is 10.7. The highest BCUT2D eigenvalue weighted by atomic mass is 32.2. The van der Waals surface area contributed by atoms with Crippen molar-refractivity contribution in [2.75, 3.05) is 12.8 Å². The van der Waals surface area contributed by atoms with E-state index in [1.165, 1.54) is 0 Å². The SMILES string of the molecule is COc1ccc(Sc2cc(N)nc(C(C)C)n2)cc1. The third-order valence-corrected chi connectivity index (χ3v) is 3.46. The Labute approximate surface area is 117 Å². The predicted molar refractivity (Wildman–Crippen MR) is 77.7 cm³/mol. The number of rotatable bonds is 4. The molecule has 0 saturated heterocycles. The lowest BCUT2D eigenvalue weighted by Crippen LogP contribution is -2.02. The molecule has 100 valence electrons. The molecule has 0 saturated carbocycles. The summed E-state index contributed by atoms with van der Waals surface area (Å²) in [5.41, 5.74) is 5.81. The number of methoxy groups -OCH3 is 1. The minimum atomic E-state index is 0.263. The van der Waals surface area contributed by atoms with Crippen molar-refractivity contribution < 1.29 is 4.74 Å². The van der Waals surface area contributed by atoms with Crippen molar-refractivity contribution >= 4 is 17.6 Å². The van der Waals surface area contributed by atoms with E-state index in [0.29, 0.717) is 5.82 Å². The summed E-state index contributed by atoms with van der Waals surface area (Å²) in [4.78, 5) is 9.84. The summed E-state index contributed by atoms with van der Waals surface area (Å²) in [5.74, 6) is 2.39. The lowest BCUT2D eigenvalue weighted by atomic mass is 10.2. The van der Waals surface area contributed by atoms with Gasteiger partial charge in [-0.3, -0.25) is 0 Å². The van der Waals surface area contributed by atoms with Gasteiger partial charge in [0.25, 0.3) is 0 Å². The molecule has 2 N–H and O–H groups in total. The van der Waals surface area contributed by atoms with Crippen molar-refractivity contribution in [2.45, 2.75) is 29.7 Å². The fourth-order valence-electron chi connectivity index (χ4n) is 1.54. The largest absolute Gasteiger partial charge is 0.497 e. The van der Waals surface area contributed by atoms with Crippen molar-refractivity contribution in [3.8, 4) is 5.75 Å². The Bertz CT molecular complexity index is 555. The van der Waals surface area contributed by atoms with Gasteiger partial charge < -0.3 is 10.5 Å². The van der Waals surface area contributed by atoms with Gasteiger partial charge in [-0.2, -0.15) is 0 Å². The first kappa shape index (κ1) is 13.7. The molecule has 2 rings (SSSR count). The second kappa shape index (κ2) is 5.93. The van der Waals surface area contributed by atoms with E-state index >= 15 is 0 Å². The summed E-state index contributed by atoms with van der Waals surface area (Å²) in [5, 5.41) is 0.862. The van der Waals surface area contributed by atoms with Crippen LogP contribution in [0.4, 0.5) is 5.82 Å². The number of nitrogens with zero attached hydrogens (tertiary/aromatic N) is 2. The zero-order valence-electron chi connectivity index (χ0n) is 11.3. The van der Waals surface area contributed by atoms with Crippen molar-refractivity contribution in [3.63, 3.8) is 0 Å². The molecule has 0 amide bonds. The van der Waals surface area contributed by atoms with Gasteiger partial charge in [-0.1, -0.05) is 25.6 Å². The average molecular weight is 275 g/mol. The van der Waals surface area contributed by atoms with Crippen LogP contribution in [0, 0.1) is 0 Å². The Balaban J connectivity index is 2.22. The van der Waals surface area contributed by atoms with Crippen LogP contribution in [0.1, 0.15) is 25.6 Å². The summed E-state index contributed by atoms with van der Waals surface area (Å²) in [6.07, 6.45) is 0. The Morgan fingerprint density at radius 3 is 2.42 bits per heavy atom. The summed E-state index contributed by atoms with van der Waals surface area (Å²) in [6, 6.07) is 9.64. The first-order valence-corrected chi connectivity index (χ1v) is 6.86. The van der Waals surface area contributed by atoms with Gasteiger partial charge in [0.2, 0.25) is 0 Å². The van der Waals surface area contributed by atoms with Gasteiger partial charge in [0.15, 0.2) is 0 Å². The van der Waals surface area contributed by atoms with Gasteiger partial charge in [-0.25, -0.2) is 9.97 Å². The zero-order chi connectivity index (χ0) is 13.8. The highest BCUT2D eigenvalue weighted by molar-refractivity contribution is 7.99. The molecule has 5 heteroatoms. The van der Waals surface area contributed by atoms with Gasteiger partial charge in [0.05, 0.1) is 7.11 Å². The summed E-state index contributed by atoms with van der Waals surface area (Å²) < 4.78 is 5.13. The Kier molecular flexibility index (Phi) is 4.27. The molecule has 0 aliphatic heterocycles. The molecule has 1 heterocycles. The quantitative estimate of drug-likeness (QED) is 0.867. The van der Waals surface area contributed by atoms with Crippen molar-refractivity contribution in [1.29, 1.82) is 0 Å². The molecule has 0 radical (unpaired) electrons. The number of benzene rings is 1. The van der Waals surface area contributed by atoms with E-state index in [0.717, 1.165) is 21.5 Å². The average Bonchev–Trinajstić information content (AvgIpc) is 2.39. The fraction of sp³-hybridized carbons (Fsp3) is 0.286. The number of hydrogen-bond donors (Lipinski definition) is 1. The Morgan fingerprint density at radius 2 is 1.84 bits per heavy atom. The maximum absolute atomic E-state index is 5.81. The van der Waals surface area contributed by atoms with E-state index in [1.54, 1.807) is 24.9 Å². The molecule has 0 aliphatic carbocycles. The van der Waals surface area contributed by atoms with Crippen LogP contribution >= 0.6 is 11.8 Å². The molecule has 0 spiro atoms. The number of nitrogens with two attached hydrogens (primary N) is 1. The van der Waals surface area contributed by atoms with Crippen molar-refractivity contribution in [3.05, 3.63) is 36.2 Å². The standard InChI is InChI=1S/C14H17N3OS/c1-9(2)14-16-12(15)8-13(17-14)19-11-6-4-10(18-3)5-7-11/h4-9H,1-3H3,(H2,15,16,17). The lowest BCUT2D eigenvalue weighted by Gasteiger charge is -2.08. The van der Waals surface area contributed by atoms with Crippen LogP contribution < -0.4 is 10.5 Å². The molecular weight excluding hydrogens is 258 g/mol. The van der Waals surface area contributed by atoms with Gasteiger partial charge in [-0.05, 0) is 24.3 Å². The van der Waals surface area contributed by atoms with E-state index in [2.05, 4.69) is 23.8 Å². The van der Waals surface area contributed by atoms with Gasteiger partial charge in [0.1, 0.15) is 22.4 Å². The summed E-state index contributed by atoms with van der Waals surface area (Å²) in [6.45, 7) is 4.10. The third kappa shape index (κ3) is 3.61. The van der Waals surface area contributed by atoms with Gasteiger partial charge in [0, 0.05) is 16.9 Å². The first-order chi connectivity index (χ1) is 9.08. The topological polar surface area (TPSA) is 61.0 Å². The third-order valence-electron chi connectivity index (χ3n) is 2.54. The van der Waals surface area contributed by atoms with Crippen LogP contribution in [0.15, 0.2) is 40.3 Å². The van der Waals surface area contributed by atoms with Crippen LogP contribution in [-0.2, 0) is 0 Å². The molecule has 4 nitrogen and oxygen atoms in total. The number of anilines is 1. The maximum Gasteiger partial charge on any atom is 0.134 e. The highest BCUT2D eigenvalue weighted by Gasteiger charge is 2.08. The van der Waals surface area contributed by atoms with E-state index in [-0.39, 0.29) is 5.92 Å². The molecule has 0 unspecified atom stereocenters. The van der Waals surface area contributed by atoms with Crippen LogP contribution in [0.3, 0.4) is 0 Å². The molecule has 0 bridgehead atoms. The second-order valence-electron chi connectivity index (χ2n) is 4.42. The smallest absolute Gasteiger partial charge is 0.134 e. The van der Waals surface area contributed by atoms with Gasteiger partial charge >= 0.3 is 0 Å². The molecule has 0 aliphatic rings. The summed E-state index contributed by atoms with van der Waals surface area (Å²) >= 11 is 1.57. The number of hydrogen-bond acceptors (Lipinski definition) is 5. The van der Waals surface area contributed by atoms with E-state index in [1.807, 2.05) is 24.3 Å². The van der Waals surface area contributed by atoms with Crippen molar-refractivity contribution in [1.82, 2.24) is 9.97 Å². The van der Waals surface area contributed by atoms with Crippen LogP contribution in [0.25, 0.3) is 0 Å². The van der Waals surface area contributed by atoms with Crippen LogP contribution in [-0.4, -0.2) is 17.1 Å². The monoisotopic (exact) mass is 275 g/mol. The van der Waals surface area contributed by atoms with Gasteiger partial charge in [-0.15, -0.1) is 0 Å². The molecular formula is C14H17N3OS. The minimum Gasteiger partial charge on any atom is -0.497 e. The molecule has 2 aromatic rings. The Hall–Kier alpha value is -1.75. The van der Waals surface area contributed by atoms with E-state index in [9.17, 15) is 0 Å². The first-order valence-electron chi connectivity index (χ1n) is 6.05. The number of nitrogen functional groups attached to an aromatic ring is 1. The fourth-order valence-corrected chi connectivity index (χ4v) is 2.37. The number of aromatic nitrogens is 2. The maximum atomic E-state index is 5.81. The minimum absolute atomic E-state index is 0.263. The second-order valence-corrected chi connectivity index (χ2v) is 5.52. The molecule has 1 aromatic carbocycles. The Morgan fingerprint density at radius 1 is 1.16 bits per heavy atom. The summed E-state index contributed by atoms with van der Waals surface area (Å²) in [7, 11) is 1.65. The zero-order valence-corrected chi connectivity index (χ0v) is 12.1. The lowest BCUT2D eigenvalue weighted by molar-refractivity contribution is 0.414. The van der Waals surface area contributed by atoms with Crippen LogP contribution in [0.2, 0.25) is 0 Å². The van der Waals surface area contributed by atoms with Crippen LogP contribution in [0.5, 0.6) is 5.75 Å². The molecule has 1 aromatic heterocycles. The predicted octanol–water partition coefficient (Wildman–Crippen LogP) is 3.34. The van der Waals surface area contributed by atoms with E-state index in [4.69, 9.17) is 10.5 Å². The highest BCUT2D eigenvalue weighted by Crippen LogP contribution is 2.29. The molecule has 0 fully saturated rings. The molecule has 19 heavy (non-hydrogen) atoms. The molecule has 0 atom stereocenters.